The molecule has 0 aliphatic rings. The second-order valence-electron chi connectivity index (χ2n) is 5.11. The lowest BCUT2D eigenvalue weighted by Gasteiger charge is -2.24. The molecule has 114 valence electrons. The Morgan fingerprint density at radius 2 is 1.95 bits per heavy atom. The Morgan fingerprint density at radius 1 is 1.33 bits per heavy atom. The Labute approximate surface area is 120 Å². The number of aromatic carboxylic acids is 1. The number of nitrogens with one attached hydrogen (secondary N) is 2. The second kappa shape index (κ2) is 6.21. The van der Waals surface area contributed by atoms with E-state index < -0.39 is 34.8 Å². The van der Waals surface area contributed by atoms with E-state index in [2.05, 4.69) is 10.6 Å². The number of amides is 3. The SMILES string of the molecule is CC(C)(CC(N)=O)NC(=O)Nc1ccc(C(=O)O)c(F)c1. The summed E-state index contributed by atoms with van der Waals surface area (Å²) < 4.78 is 13.4. The van der Waals surface area contributed by atoms with Gasteiger partial charge in [0.1, 0.15) is 5.82 Å². The van der Waals surface area contributed by atoms with E-state index in [4.69, 9.17) is 10.8 Å². The van der Waals surface area contributed by atoms with Gasteiger partial charge in [-0.25, -0.2) is 14.0 Å². The zero-order valence-corrected chi connectivity index (χ0v) is 11.6. The molecule has 8 heteroatoms. The fourth-order valence-electron chi connectivity index (χ4n) is 1.72. The van der Waals surface area contributed by atoms with Crippen molar-refractivity contribution in [2.45, 2.75) is 25.8 Å². The van der Waals surface area contributed by atoms with Crippen molar-refractivity contribution in [3.8, 4) is 0 Å². The molecule has 1 rings (SSSR count). The third-order valence-electron chi connectivity index (χ3n) is 2.53. The molecule has 3 amide bonds. The number of anilines is 1. The minimum atomic E-state index is -1.40. The van der Waals surface area contributed by atoms with Crippen LogP contribution in [0.3, 0.4) is 0 Å². The molecule has 1 aromatic rings. The lowest BCUT2D eigenvalue weighted by atomic mass is 10.0. The molecule has 0 saturated heterocycles. The maximum Gasteiger partial charge on any atom is 0.338 e. The highest BCUT2D eigenvalue weighted by molar-refractivity contribution is 5.92. The van der Waals surface area contributed by atoms with Crippen LogP contribution in [0.25, 0.3) is 0 Å². The van der Waals surface area contributed by atoms with Crippen molar-refractivity contribution in [1.82, 2.24) is 5.32 Å². The predicted octanol–water partition coefficient (Wildman–Crippen LogP) is 1.30. The summed E-state index contributed by atoms with van der Waals surface area (Å²) in [6, 6.07) is 2.53. The maximum absolute atomic E-state index is 13.4. The van der Waals surface area contributed by atoms with Gasteiger partial charge in [0.15, 0.2) is 0 Å². The van der Waals surface area contributed by atoms with E-state index in [0.29, 0.717) is 0 Å². The highest BCUT2D eigenvalue weighted by Gasteiger charge is 2.23. The molecular formula is C13H16FN3O4. The van der Waals surface area contributed by atoms with E-state index in [1.165, 1.54) is 6.07 Å². The van der Waals surface area contributed by atoms with E-state index >= 15 is 0 Å². The third kappa shape index (κ3) is 5.09. The summed E-state index contributed by atoms with van der Waals surface area (Å²) >= 11 is 0. The third-order valence-corrected chi connectivity index (χ3v) is 2.53. The first-order valence-electron chi connectivity index (χ1n) is 6.01. The van der Waals surface area contributed by atoms with Crippen LogP contribution in [-0.4, -0.2) is 28.6 Å². The van der Waals surface area contributed by atoms with Crippen molar-refractivity contribution in [1.29, 1.82) is 0 Å². The number of nitrogens with two attached hydrogens (primary N) is 1. The summed E-state index contributed by atoms with van der Waals surface area (Å²) in [6.45, 7) is 3.21. The maximum atomic E-state index is 13.4. The number of halogens is 1. The van der Waals surface area contributed by atoms with Gasteiger partial charge in [0.2, 0.25) is 5.91 Å². The Kier molecular flexibility index (Phi) is 4.85. The van der Waals surface area contributed by atoms with Crippen molar-refractivity contribution in [2.75, 3.05) is 5.32 Å². The summed E-state index contributed by atoms with van der Waals surface area (Å²) in [5.74, 6) is -2.93. The van der Waals surface area contributed by atoms with Gasteiger partial charge >= 0.3 is 12.0 Å². The number of benzene rings is 1. The molecule has 0 bridgehead atoms. The number of carboxylic acid groups (broad SMARTS) is 1. The first kappa shape index (κ1) is 16.4. The molecule has 0 atom stereocenters. The van der Waals surface area contributed by atoms with Crippen molar-refractivity contribution < 1.29 is 23.9 Å². The van der Waals surface area contributed by atoms with Gasteiger partial charge in [-0.05, 0) is 32.0 Å². The number of hydrogen-bond donors (Lipinski definition) is 4. The topological polar surface area (TPSA) is 122 Å². The summed E-state index contributed by atoms with van der Waals surface area (Å²) in [6.07, 6.45) is -0.0628. The van der Waals surface area contributed by atoms with Crippen molar-refractivity contribution in [2.24, 2.45) is 5.73 Å². The Balaban J connectivity index is 2.73. The molecule has 0 heterocycles. The highest BCUT2D eigenvalue weighted by atomic mass is 19.1. The molecule has 0 unspecified atom stereocenters. The molecule has 0 spiro atoms. The second-order valence-corrected chi connectivity index (χ2v) is 5.11. The normalized spacial score (nSPS) is 10.8. The average Bonchev–Trinajstić information content (AvgIpc) is 2.24. The minimum Gasteiger partial charge on any atom is -0.478 e. The fraction of sp³-hybridized carbons (Fsp3) is 0.308. The number of primary amides is 1. The van der Waals surface area contributed by atoms with Crippen molar-refractivity contribution in [3.63, 3.8) is 0 Å². The summed E-state index contributed by atoms with van der Waals surface area (Å²) in [5.41, 5.74) is 3.79. The molecule has 21 heavy (non-hydrogen) atoms. The monoisotopic (exact) mass is 297 g/mol. The van der Waals surface area contributed by atoms with Crippen molar-refractivity contribution in [3.05, 3.63) is 29.6 Å². The van der Waals surface area contributed by atoms with Gasteiger partial charge in [0.05, 0.1) is 5.56 Å². The van der Waals surface area contributed by atoms with Crippen molar-refractivity contribution >= 4 is 23.6 Å². The highest BCUT2D eigenvalue weighted by Crippen LogP contribution is 2.15. The zero-order valence-electron chi connectivity index (χ0n) is 11.6. The molecule has 0 fully saturated rings. The molecule has 0 radical (unpaired) electrons. The van der Waals surface area contributed by atoms with Gasteiger partial charge in [-0.3, -0.25) is 4.79 Å². The van der Waals surface area contributed by atoms with Crippen LogP contribution >= 0.6 is 0 Å². The Morgan fingerprint density at radius 3 is 2.43 bits per heavy atom. The van der Waals surface area contributed by atoms with Gasteiger partial charge in [-0.1, -0.05) is 0 Å². The quantitative estimate of drug-likeness (QED) is 0.654. The molecule has 7 nitrogen and oxygen atoms in total. The number of hydrogen-bond acceptors (Lipinski definition) is 3. The van der Waals surface area contributed by atoms with E-state index in [0.717, 1.165) is 12.1 Å². The van der Waals surface area contributed by atoms with Crippen LogP contribution < -0.4 is 16.4 Å². The summed E-state index contributed by atoms with van der Waals surface area (Å²) in [5, 5.41) is 13.5. The van der Waals surface area contributed by atoms with Gasteiger partial charge in [0, 0.05) is 17.6 Å². The van der Waals surface area contributed by atoms with Crippen LogP contribution in [0.15, 0.2) is 18.2 Å². The molecule has 5 N–H and O–H groups in total. The molecule has 0 saturated carbocycles. The van der Waals surface area contributed by atoms with Crippen LogP contribution in [0.1, 0.15) is 30.6 Å². The first-order chi connectivity index (χ1) is 9.60. The van der Waals surface area contributed by atoms with Crippen LogP contribution in [-0.2, 0) is 4.79 Å². The van der Waals surface area contributed by atoms with Crippen LogP contribution in [0.4, 0.5) is 14.9 Å². The Hall–Kier alpha value is -2.64. The lowest BCUT2D eigenvalue weighted by molar-refractivity contribution is -0.119. The molecule has 0 aliphatic heterocycles. The molecule has 0 aliphatic carbocycles. The average molecular weight is 297 g/mol. The smallest absolute Gasteiger partial charge is 0.338 e. The summed E-state index contributed by atoms with van der Waals surface area (Å²) in [4.78, 5) is 33.2. The van der Waals surface area contributed by atoms with Crippen LogP contribution in [0.5, 0.6) is 0 Å². The van der Waals surface area contributed by atoms with E-state index in [1.807, 2.05) is 0 Å². The number of rotatable bonds is 5. The number of carboxylic acids is 1. The largest absolute Gasteiger partial charge is 0.478 e. The van der Waals surface area contributed by atoms with E-state index in [-0.39, 0.29) is 12.1 Å². The Bertz CT molecular complexity index is 587. The van der Waals surface area contributed by atoms with Gasteiger partial charge in [-0.15, -0.1) is 0 Å². The van der Waals surface area contributed by atoms with Gasteiger partial charge in [-0.2, -0.15) is 0 Å². The molecule has 0 aromatic heterocycles. The van der Waals surface area contributed by atoms with Gasteiger partial charge < -0.3 is 21.5 Å². The van der Waals surface area contributed by atoms with E-state index in [9.17, 15) is 18.8 Å². The standard InChI is InChI=1S/C13H16FN3O4/c1-13(2,6-10(15)18)17-12(21)16-7-3-4-8(11(19)20)9(14)5-7/h3-5H,6H2,1-2H3,(H2,15,18)(H,19,20)(H2,16,17,21). The van der Waals surface area contributed by atoms with Crippen LogP contribution in [0, 0.1) is 5.82 Å². The van der Waals surface area contributed by atoms with E-state index in [1.54, 1.807) is 13.8 Å². The fourth-order valence-corrected chi connectivity index (χ4v) is 1.72. The lowest BCUT2D eigenvalue weighted by Crippen LogP contribution is -2.47. The zero-order chi connectivity index (χ0) is 16.2. The van der Waals surface area contributed by atoms with Gasteiger partial charge in [0.25, 0.3) is 0 Å². The molecular weight excluding hydrogens is 281 g/mol. The first-order valence-corrected chi connectivity index (χ1v) is 6.01. The summed E-state index contributed by atoms with van der Waals surface area (Å²) in [7, 11) is 0. The predicted molar refractivity (Wildman–Crippen MR) is 73.4 cm³/mol. The molecule has 1 aromatic carbocycles. The number of carbonyl (C=O) groups excluding carboxylic acids is 2. The number of carbonyl (C=O) groups is 3. The number of urea groups is 1. The van der Waals surface area contributed by atoms with Crippen LogP contribution in [0.2, 0.25) is 0 Å². The minimum absolute atomic E-state index is 0.0628.